The third-order valence-electron chi connectivity index (χ3n) is 3.14. The molecular formula is C17H14ClNO7. The molecule has 26 heavy (non-hydrogen) atoms. The fourth-order valence-corrected chi connectivity index (χ4v) is 2.13. The van der Waals surface area contributed by atoms with Gasteiger partial charge in [-0.05, 0) is 37.3 Å². The van der Waals surface area contributed by atoms with Crippen molar-refractivity contribution in [2.24, 2.45) is 0 Å². The van der Waals surface area contributed by atoms with Crippen molar-refractivity contribution in [1.29, 1.82) is 0 Å². The van der Waals surface area contributed by atoms with E-state index in [4.69, 9.17) is 25.8 Å². The van der Waals surface area contributed by atoms with E-state index in [9.17, 15) is 19.7 Å². The minimum Gasteiger partial charge on any atom is -0.493 e. The molecule has 0 amide bonds. The van der Waals surface area contributed by atoms with Gasteiger partial charge in [-0.25, -0.2) is 4.79 Å². The summed E-state index contributed by atoms with van der Waals surface area (Å²) in [7, 11) is 1.35. The van der Waals surface area contributed by atoms with Gasteiger partial charge in [0.25, 0.3) is 0 Å². The van der Waals surface area contributed by atoms with Crippen molar-refractivity contribution >= 4 is 29.0 Å². The summed E-state index contributed by atoms with van der Waals surface area (Å²) in [6.07, 6.45) is 0. The number of nitro benzene ring substituents is 1. The molecule has 0 radical (unpaired) electrons. The van der Waals surface area contributed by atoms with E-state index in [0.29, 0.717) is 0 Å². The second-order valence-electron chi connectivity index (χ2n) is 5.12. The molecule has 0 atom stereocenters. The molecule has 0 fully saturated rings. The van der Waals surface area contributed by atoms with Crippen LogP contribution in [0.4, 0.5) is 5.69 Å². The quantitative estimate of drug-likeness (QED) is 0.409. The lowest BCUT2D eigenvalue weighted by atomic mass is 10.2. The van der Waals surface area contributed by atoms with E-state index in [2.05, 4.69) is 0 Å². The second kappa shape index (κ2) is 8.30. The number of hydrogen-bond donors (Lipinski definition) is 0. The monoisotopic (exact) mass is 379 g/mol. The number of rotatable bonds is 7. The molecule has 136 valence electrons. The highest BCUT2D eigenvalue weighted by Gasteiger charge is 2.19. The van der Waals surface area contributed by atoms with Gasteiger partial charge in [-0.1, -0.05) is 11.6 Å². The van der Waals surface area contributed by atoms with Crippen LogP contribution < -0.4 is 9.47 Å². The summed E-state index contributed by atoms with van der Waals surface area (Å²) >= 11 is 5.77. The van der Waals surface area contributed by atoms with Crippen LogP contribution in [0.15, 0.2) is 36.4 Å². The van der Waals surface area contributed by atoms with Gasteiger partial charge in [0.1, 0.15) is 6.61 Å². The Kier molecular flexibility index (Phi) is 6.13. The van der Waals surface area contributed by atoms with E-state index >= 15 is 0 Å². The van der Waals surface area contributed by atoms with Crippen LogP contribution in [0.3, 0.4) is 0 Å². The van der Waals surface area contributed by atoms with Crippen molar-refractivity contribution < 1.29 is 28.7 Å². The highest BCUT2D eigenvalue weighted by molar-refractivity contribution is 6.30. The van der Waals surface area contributed by atoms with Crippen molar-refractivity contribution in [2.45, 2.75) is 6.92 Å². The first kappa shape index (κ1) is 19.2. The number of halogens is 1. The van der Waals surface area contributed by atoms with Gasteiger partial charge in [-0.15, -0.1) is 0 Å². The van der Waals surface area contributed by atoms with Crippen LogP contribution in [0.5, 0.6) is 17.2 Å². The molecule has 2 aromatic rings. The first-order valence-corrected chi connectivity index (χ1v) is 7.66. The Morgan fingerprint density at radius 1 is 1.12 bits per heavy atom. The number of nitro groups is 1. The zero-order chi connectivity index (χ0) is 19.3. The van der Waals surface area contributed by atoms with E-state index in [1.165, 1.54) is 44.4 Å². The molecule has 9 heteroatoms. The number of hydrogen-bond acceptors (Lipinski definition) is 7. The van der Waals surface area contributed by atoms with Gasteiger partial charge >= 0.3 is 11.7 Å². The molecule has 0 aliphatic rings. The molecule has 0 heterocycles. The first-order chi connectivity index (χ1) is 12.3. The molecular weight excluding hydrogens is 366 g/mol. The maximum Gasteiger partial charge on any atom is 0.338 e. The minimum absolute atomic E-state index is 0.0374. The highest BCUT2D eigenvalue weighted by Crippen LogP contribution is 2.37. The topological polar surface area (TPSA) is 105 Å². The van der Waals surface area contributed by atoms with Crippen LogP contribution in [0, 0.1) is 10.1 Å². The summed E-state index contributed by atoms with van der Waals surface area (Å²) in [5, 5.41) is 11.3. The number of methoxy groups -OCH3 is 1. The summed E-state index contributed by atoms with van der Waals surface area (Å²) in [5.41, 5.74) is -0.175. The van der Waals surface area contributed by atoms with Crippen LogP contribution in [-0.4, -0.2) is 30.4 Å². The summed E-state index contributed by atoms with van der Waals surface area (Å²) in [6.45, 7) is 0.959. The van der Waals surface area contributed by atoms with Gasteiger partial charge < -0.3 is 14.2 Å². The zero-order valence-corrected chi connectivity index (χ0v) is 14.6. The average Bonchev–Trinajstić information content (AvgIpc) is 2.61. The van der Waals surface area contributed by atoms with Gasteiger partial charge in [0, 0.05) is 11.1 Å². The Bertz CT molecular complexity index is 866. The molecule has 0 saturated heterocycles. The molecule has 8 nitrogen and oxygen atoms in total. The van der Waals surface area contributed by atoms with Crippen molar-refractivity contribution in [3.8, 4) is 17.2 Å². The Hall–Kier alpha value is -3.13. The van der Waals surface area contributed by atoms with Gasteiger partial charge in [0.15, 0.2) is 17.3 Å². The third kappa shape index (κ3) is 4.70. The summed E-state index contributed by atoms with van der Waals surface area (Å²) in [5.74, 6) is -0.722. The van der Waals surface area contributed by atoms with Crippen molar-refractivity contribution in [3.63, 3.8) is 0 Å². The number of ketones is 1. The van der Waals surface area contributed by atoms with Crippen molar-refractivity contribution in [1.82, 2.24) is 0 Å². The highest BCUT2D eigenvalue weighted by atomic mass is 35.5. The Balaban J connectivity index is 2.30. The lowest BCUT2D eigenvalue weighted by Crippen LogP contribution is -2.11. The predicted molar refractivity (Wildman–Crippen MR) is 92.1 cm³/mol. The van der Waals surface area contributed by atoms with Crippen molar-refractivity contribution in [2.75, 3.05) is 13.7 Å². The Labute approximate surface area is 153 Å². The standard InChI is InChI=1S/C17H14ClNO7/c1-10(20)9-25-17(21)11-3-5-15(16(7-11)24-2)26-14-6-4-12(18)8-13(14)19(22)23/h3-8H,9H2,1-2H3. The third-order valence-corrected chi connectivity index (χ3v) is 3.38. The number of carbonyl (C=O) groups excluding carboxylic acids is 2. The summed E-state index contributed by atoms with van der Waals surface area (Å²) < 4.78 is 15.5. The number of nitrogens with zero attached hydrogens (tertiary/aromatic N) is 1. The van der Waals surface area contributed by atoms with Gasteiger partial charge in [0.05, 0.1) is 17.6 Å². The van der Waals surface area contributed by atoms with Crippen LogP contribution in [0.25, 0.3) is 0 Å². The molecule has 2 aromatic carbocycles. The van der Waals surface area contributed by atoms with E-state index in [-0.39, 0.29) is 45.9 Å². The second-order valence-corrected chi connectivity index (χ2v) is 5.55. The van der Waals surface area contributed by atoms with E-state index in [0.717, 1.165) is 6.07 Å². The lowest BCUT2D eigenvalue weighted by Gasteiger charge is -2.12. The number of carbonyl (C=O) groups is 2. The Morgan fingerprint density at radius 3 is 2.42 bits per heavy atom. The van der Waals surface area contributed by atoms with E-state index < -0.39 is 10.9 Å². The molecule has 0 unspecified atom stereocenters. The normalized spacial score (nSPS) is 10.1. The molecule has 2 rings (SSSR count). The fourth-order valence-electron chi connectivity index (χ4n) is 1.97. The van der Waals surface area contributed by atoms with Crippen LogP contribution >= 0.6 is 11.6 Å². The van der Waals surface area contributed by atoms with Crippen LogP contribution in [0.1, 0.15) is 17.3 Å². The van der Waals surface area contributed by atoms with Gasteiger partial charge in [-0.2, -0.15) is 0 Å². The lowest BCUT2D eigenvalue weighted by molar-refractivity contribution is -0.385. The molecule has 0 spiro atoms. The van der Waals surface area contributed by atoms with E-state index in [1.54, 1.807) is 0 Å². The average molecular weight is 380 g/mol. The minimum atomic E-state index is -0.706. The molecule has 0 saturated carbocycles. The maximum atomic E-state index is 11.9. The van der Waals surface area contributed by atoms with Gasteiger partial charge in [-0.3, -0.25) is 14.9 Å². The molecule has 0 aliphatic carbocycles. The van der Waals surface area contributed by atoms with Crippen LogP contribution in [0.2, 0.25) is 5.02 Å². The predicted octanol–water partition coefficient (Wildman–Crippen LogP) is 3.79. The molecule has 0 bridgehead atoms. The molecule has 0 N–H and O–H groups in total. The Morgan fingerprint density at radius 2 is 1.81 bits per heavy atom. The zero-order valence-electron chi connectivity index (χ0n) is 13.9. The van der Waals surface area contributed by atoms with E-state index in [1.807, 2.05) is 0 Å². The fraction of sp³-hybridized carbons (Fsp3) is 0.176. The summed E-state index contributed by atoms with van der Waals surface area (Å²) in [6, 6.07) is 8.11. The van der Waals surface area contributed by atoms with Crippen molar-refractivity contribution in [3.05, 3.63) is 57.1 Å². The number of Topliss-reactive ketones (excluding diaryl/α,β-unsaturated/α-hetero) is 1. The number of esters is 1. The van der Waals surface area contributed by atoms with Gasteiger partial charge in [0.2, 0.25) is 5.75 Å². The summed E-state index contributed by atoms with van der Waals surface area (Å²) in [4.78, 5) is 33.3. The van der Waals surface area contributed by atoms with Crippen LogP contribution in [-0.2, 0) is 9.53 Å². The number of benzene rings is 2. The first-order valence-electron chi connectivity index (χ1n) is 7.28. The molecule has 0 aromatic heterocycles. The smallest absolute Gasteiger partial charge is 0.338 e. The maximum absolute atomic E-state index is 11.9. The largest absolute Gasteiger partial charge is 0.493 e. The SMILES string of the molecule is COc1cc(C(=O)OCC(C)=O)ccc1Oc1ccc(Cl)cc1[N+](=O)[O-]. The number of ether oxygens (including phenoxy) is 3. The molecule has 0 aliphatic heterocycles.